The number of aryl methyl sites for hydroxylation is 1. The molecule has 0 spiro atoms. The summed E-state index contributed by atoms with van der Waals surface area (Å²) in [6.07, 6.45) is 5.67. The number of nitrogens with one attached hydrogen (secondary N) is 2. The van der Waals surface area contributed by atoms with Crippen LogP contribution in [0.3, 0.4) is 0 Å². The zero-order valence-electron chi connectivity index (χ0n) is 15.2. The largest absolute Gasteiger partial charge is 0.382 e. The average Bonchev–Trinajstić information content (AvgIpc) is 3.23. The maximum atomic E-state index is 12.5. The number of carbonyl (C=O) groups is 1. The van der Waals surface area contributed by atoms with Crippen LogP contribution in [0.1, 0.15) is 41.6 Å². The number of carbonyl (C=O) groups excluding carboxylic acids is 1. The van der Waals surface area contributed by atoms with Gasteiger partial charge < -0.3 is 15.5 Å². The van der Waals surface area contributed by atoms with Crippen molar-refractivity contribution in [2.24, 2.45) is 0 Å². The lowest BCUT2D eigenvalue weighted by atomic mass is 9.96. The minimum absolute atomic E-state index is 0.0299. The quantitative estimate of drug-likeness (QED) is 0.862. The van der Waals surface area contributed by atoms with Gasteiger partial charge in [-0.25, -0.2) is 0 Å². The Morgan fingerprint density at radius 3 is 2.85 bits per heavy atom. The average molecular weight is 349 g/mol. The van der Waals surface area contributed by atoms with Gasteiger partial charge in [0.05, 0.1) is 0 Å². The first kappa shape index (κ1) is 17.0. The molecule has 0 radical (unpaired) electrons. The van der Waals surface area contributed by atoms with Crippen LogP contribution in [0, 0.1) is 0 Å². The van der Waals surface area contributed by atoms with Crippen molar-refractivity contribution in [2.75, 3.05) is 29.9 Å². The van der Waals surface area contributed by atoms with Gasteiger partial charge in [-0.05, 0) is 61.9 Å². The second kappa shape index (κ2) is 7.81. The molecule has 1 unspecified atom stereocenters. The Kier molecular flexibility index (Phi) is 5.09. The van der Waals surface area contributed by atoms with Crippen molar-refractivity contribution in [3.05, 3.63) is 59.7 Å². The third-order valence-corrected chi connectivity index (χ3v) is 5.50. The Hall–Kier alpha value is -2.49. The highest BCUT2D eigenvalue weighted by molar-refractivity contribution is 5.95. The van der Waals surface area contributed by atoms with Crippen LogP contribution in [0.25, 0.3) is 0 Å². The highest BCUT2D eigenvalue weighted by Crippen LogP contribution is 2.25. The van der Waals surface area contributed by atoms with Gasteiger partial charge in [-0.3, -0.25) is 4.79 Å². The smallest absolute Gasteiger partial charge is 0.251 e. The first-order valence-corrected chi connectivity index (χ1v) is 9.77. The number of rotatable bonds is 5. The fourth-order valence-corrected chi connectivity index (χ4v) is 4.00. The molecule has 4 heteroatoms. The maximum absolute atomic E-state index is 12.5. The van der Waals surface area contributed by atoms with Gasteiger partial charge in [0.1, 0.15) is 0 Å². The zero-order chi connectivity index (χ0) is 17.8. The van der Waals surface area contributed by atoms with Gasteiger partial charge in [0.25, 0.3) is 5.91 Å². The van der Waals surface area contributed by atoms with Crippen LogP contribution in [0.5, 0.6) is 0 Å². The van der Waals surface area contributed by atoms with Crippen molar-refractivity contribution in [1.29, 1.82) is 0 Å². The molecule has 136 valence electrons. The van der Waals surface area contributed by atoms with E-state index in [1.165, 1.54) is 29.8 Å². The van der Waals surface area contributed by atoms with E-state index in [9.17, 15) is 4.79 Å². The maximum Gasteiger partial charge on any atom is 0.251 e. The highest BCUT2D eigenvalue weighted by atomic mass is 16.1. The fourth-order valence-electron chi connectivity index (χ4n) is 4.00. The number of para-hydroxylation sites is 1. The molecule has 0 saturated carbocycles. The fraction of sp³-hybridized carbons (Fsp3) is 0.409. The van der Waals surface area contributed by atoms with E-state index in [2.05, 4.69) is 45.9 Å². The van der Waals surface area contributed by atoms with Crippen molar-refractivity contribution in [2.45, 2.75) is 38.1 Å². The second-order valence-electron chi connectivity index (χ2n) is 7.33. The van der Waals surface area contributed by atoms with Crippen LogP contribution < -0.4 is 15.5 Å². The summed E-state index contributed by atoms with van der Waals surface area (Å²) >= 11 is 0. The monoisotopic (exact) mass is 349 g/mol. The van der Waals surface area contributed by atoms with E-state index in [0.29, 0.717) is 12.6 Å². The van der Waals surface area contributed by atoms with E-state index in [4.69, 9.17) is 0 Å². The normalized spacial score (nSPS) is 18.9. The molecule has 1 saturated heterocycles. The number of amides is 1. The van der Waals surface area contributed by atoms with Crippen molar-refractivity contribution < 1.29 is 4.79 Å². The molecule has 0 bridgehead atoms. The molecule has 4 nitrogen and oxygen atoms in total. The molecule has 1 atom stereocenters. The van der Waals surface area contributed by atoms with Crippen LogP contribution >= 0.6 is 0 Å². The second-order valence-corrected chi connectivity index (χ2v) is 7.33. The molecule has 2 N–H and O–H groups in total. The van der Waals surface area contributed by atoms with E-state index >= 15 is 0 Å². The Morgan fingerprint density at radius 2 is 1.96 bits per heavy atom. The van der Waals surface area contributed by atoms with Crippen LogP contribution in [0.4, 0.5) is 11.4 Å². The molecule has 2 aliphatic heterocycles. The molecular formula is C22H27N3O. The highest BCUT2D eigenvalue weighted by Gasteiger charge is 2.18. The summed E-state index contributed by atoms with van der Waals surface area (Å²) in [6.45, 7) is 2.90. The lowest BCUT2D eigenvalue weighted by Gasteiger charge is -2.27. The molecule has 2 aromatic carbocycles. The van der Waals surface area contributed by atoms with E-state index in [1.807, 2.05) is 18.2 Å². The zero-order valence-corrected chi connectivity index (χ0v) is 15.2. The molecule has 2 aromatic rings. The Morgan fingerprint density at radius 1 is 1.12 bits per heavy atom. The molecule has 2 heterocycles. The van der Waals surface area contributed by atoms with Gasteiger partial charge in [-0.15, -0.1) is 0 Å². The number of fused-ring (bicyclic) bond motifs is 1. The summed E-state index contributed by atoms with van der Waals surface area (Å²) in [5, 5.41) is 6.69. The summed E-state index contributed by atoms with van der Waals surface area (Å²) in [7, 11) is 0. The molecule has 1 amide bonds. The van der Waals surface area contributed by atoms with Gasteiger partial charge in [-0.2, -0.15) is 0 Å². The Labute approximate surface area is 155 Å². The number of benzene rings is 2. The molecule has 26 heavy (non-hydrogen) atoms. The summed E-state index contributed by atoms with van der Waals surface area (Å²) in [5.74, 6) is 0.0299. The molecule has 0 aliphatic carbocycles. The molecular weight excluding hydrogens is 322 g/mol. The van der Waals surface area contributed by atoms with E-state index in [0.717, 1.165) is 37.9 Å². The number of hydrogen-bond donors (Lipinski definition) is 2. The van der Waals surface area contributed by atoms with Crippen LogP contribution in [-0.2, 0) is 6.42 Å². The number of nitrogens with zero attached hydrogens (tertiary/aromatic N) is 1. The summed E-state index contributed by atoms with van der Waals surface area (Å²) in [6, 6.07) is 17.0. The third-order valence-electron chi connectivity index (χ3n) is 5.50. The lowest BCUT2D eigenvalue weighted by Crippen LogP contribution is -2.32. The van der Waals surface area contributed by atoms with Crippen LogP contribution in [-0.4, -0.2) is 31.6 Å². The number of hydrogen-bond acceptors (Lipinski definition) is 3. The molecule has 4 rings (SSSR count). The van der Waals surface area contributed by atoms with Gasteiger partial charge in [0.15, 0.2) is 0 Å². The first-order valence-electron chi connectivity index (χ1n) is 9.77. The van der Waals surface area contributed by atoms with Crippen LogP contribution in [0.2, 0.25) is 0 Å². The lowest BCUT2D eigenvalue weighted by molar-refractivity contribution is 0.0952. The SMILES string of the molecule is O=C(NCCC1CCc2ccccc2N1)c1cccc(N2CCCC2)c1. The van der Waals surface area contributed by atoms with E-state index < -0.39 is 0 Å². The van der Waals surface area contributed by atoms with Gasteiger partial charge in [-0.1, -0.05) is 24.3 Å². The first-order chi connectivity index (χ1) is 12.8. The minimum Gasteiger partial charge on any atom is -0.382 e. The summed E-state index contributed by atoms with van der Waals surface area (Å²) in [5.41, 5.74) is 4.57. The molecule has 0 aromatic heterocycles. The molecule has 2 aliphatic rings. The van der Waals surface area contributed by atoms with Gasteiger partial charge in [0, 0.05) is 42.6 Å². The Bertz CT molecular complexity index is 767. The van der Waals surface area contributed by atoms with Gasteiger partial charge >= 0.3 is 0 Å². The standard InChI is InChI=1S/C22H27N3O/c26-22(18-7-5-8-20(16-18)25-14-3-4-15-25)23-13-12-19-11-10-17-6-1-2-9-21(17)24-19/h1-2,5-9,16,19,24H,3-4,10-15H2,(H,23,26). The minimum atomic E-state index is 0.0299. The third kappa shape index (κ3) is 3.85. The van der Waals surface area contributed by atoms with Crippen molar-refractivity contribution in [1.82, 2.24) is 5.32 Å². The van der Waals surface area contributed by atoms with Crippen molar-refractivity contribution in [3.8, 4) is 0 Å². The van der Waals surface area contributed by atoms with Crippen LogP contribution in [0.15, 0.2) is 48.5 Å². The summed E-state index contributed by atoms with van der Waals surface area (Å²) < 4.78 is 0. The topological polar surface area (TPSA) is 44.4 Å². The van der Waals surface area contributed by atoms with Crippen molar-refractivity contribution >= 4 is 17.3 Å². The summed E-state index contributed by atoms with van der Waals surface area (Å²) in [4.78, 5) is 14.9. The predicted octanol–water partition coefficient (Wildman–Crippen LogP) is 3.83. The van der Waals surface area contributed by atoms with Gasteiger partial charge in [0.2, 0.25) is 0 Å². The number of anilines is 2. The molecule has 1 fully saturated rings. The van der Waals surface area contributed by atoms with E-state index in [1.54, 1.807) is 0 Å². The predicted molar refractivity (Wildman–Crippen MR) is 107 cm³/mol. The van der Waals surface area contributed by atoms with E-state index in [-0.39, 0.29) is 5.91 Å². The van der Waals surface area contributed by atoms with Crippen molar-refractivity contribution in [3.63, 3.8) is 0 Å². The Balaban J connectivity index is 1.29.